The summed E-state index contributed by atoms with van der Waals surface area (Å²) in [4.78, 5) is 11.9. The first-order valence-electron chi connectivity index (χ1n) is 6.54. The molecule has 5 N–H and O–H groups in total. The molecule has 5 nitrogen and oxygen atoms in total. The van der Waals surface area contributed by atoms with Gasteiger partial charge in [-0.25, -0.2) is 0 Å². The number of carbonyl (C=O) groups excluding carboxylic acids is 1. The molecule has 1 aromatic rings. The molecule has 1 aromatic carbocycles. The highest BCUT2D eigenvalue weighted by Crippen LogP contribution is 2.24. The van der Waals surface area contributed by atoms with Crippen LogP contribution >= 0.6 is 0 Å². The molecule has 5 heteroatoms. The van der Waals surface area contributed by atoms with E-state index in [0.29, 0.717) is 0 Å². The maximum Gasteiger partial charge on any atom is 0.255 e. The van der Waals surface area contributed by atoms with Crippen molar-refractivity contribution < 1.29 is 15.0 Å². The topological polar surface area (TPSA) is 95.6 Å². The molecule has 0 aliphatic carbocycles. The second-order valence-electron chi connectivity index (χ2n) is 4.60. The molecule has 0 heterocycles. The van der Waals surface area contributed by atoms with E-state index in [9.17, 15) is 15.0 Å². The number of aromatic hydroxyl groups is 1. The summed E-state index contributed by atoms with van der Waals surface area (Å²) >= 11 is 0. The van der Waals surface area contributed by atoms with Crippen LogP contribution in [-0.4, -0.2) is 28.8 Å². The Morgan fingerprint density at radius 3 is 2.58 bits per heavy atom. The number of carbonyl (C=O) groups is 1. The molecule has 0 spiro atoms. The Balaban J connectivity index is 2.63. The number of aliphatic hydroxyl groups is 1. The fourth-order valence-electron chi connectivity index (χ4n) is 2.04. The number of hydrogen-bond acceptors (Lipinski definition) is 4. The lowest BCUT2D eigenvalue weighted by Crippen LogP contribution is -2.36. The first-order chi connectivity index (χ1) is 9.01. The average Bonchev–Trinajstić information content (AvgIpc) is 2.40. The number of nitrogens with one attached hydrogen (secondary N) is 1. The van der Waals surface area contributed by atoms with Crippen LogP contribution in [0, 0.1) is 5.92 Å². The van der Waals surface area contributed by atoms with Crippen molar-refractivity contribution >= 4 is 11.6 Å². The van der Waals surface area contributed by atoms with Gasteiger partial charge in [-0.3, -0.25) is 4.79 Å². The fourth-order valence-corrected chi connectivity index (χ4v) is 2.04. The molecular weight excluding hydrogens is 244 g/mol. The smallest absolute Gasteiger partial charge is 0.255 e. The van der Waals surface area contributed by atoms with Crippen LogP contribution < -0.4 is 11.1 Å². The highest BCUT2D eigenvalue weighted by molar-refractivity contribution is 5.98. The zero-order valence-electron chi connectivity index (χ0n) is 11.4. The molecule has 0 bridgehead atoms. The Morgan fingerprint density at radius 2 is 2.00 bits per heavy atom. The fraction of sp³-hybridized carbons (Fsp3) is 0.500. The summed E-state index contributed by atoms with van der Waals surface area (Å²) < 4.78 is 0. The molecule has 106 valence electrons. The highest BCUT2D eigenvalue weighted by Gasteiger charge is 2.18. The number of anilines is 1. The van der Waals surface area contributed by atoms with Crippen molar-refractivity contribution in [2.45, 2.75) is 32.8 Å². The number of amides is 1. The van der Waals surface area contributed by atoms with Gasteiger partial charge >= 0.3 is 0 Å². The number of nitrogens with two attached hydrogens (primary N) is 1. The van der Waals surface area contributed by atoms with Crippen molar-refractivity contribution in [2.24, 2.45) is 5.92 Å². The van der Waals surface area contributed by atoms with Crippen molar-refractivity contribution in [3.63, 3.8) is 0 Å². The van der Waals surface area contributed by atoms with Crippen LogP contribution in [0.25, 0.3) is 0 Å². The van der Waals surface area contributed by atoms with Gasteiger partial charge in [0.05, 0.1) is 17.4 Å². The zero-order chi connectivity index (χ0) is 14.4. The molecule has 19 heavy (non-hydrogen) atoms. The van der Waals surface area contributed by atoms with E-state index in [-0.39, 0.29) is 29.5 Å². The third-order valence-corrected chi connectivity index (χ3v) is 3.38. The van der Waals surface area contributed by atoms with Gasteiger partial charge < -0.3 is 21.3 Å². The number of rotatable bonds is 6. The Labute approximate surface area is 113 Å². The molecule has 0 aromatic heterocycles. The summed E-state index contributed by atoms with van der Waals surface area (Å²) in [6, 6.07) is 4.61. The summed E-state index contributed by atoms with van der Waals surface area (Å²) in [6.07, 6.45) is 1.14. The van der Waals surface area contributed by atoms with Gasteiger partial charge in [0, 0.05) is 6.54 Å². The largest absolute Gasteiger partial charge is 0.505 e. The van der Waals surface area contributed by atoms with Gasteiger partial charge in [0.25, 0.3) is 5.91 Å². The SMILES string of the molecule is CCC(CC)C(O)CNC(=O)c1cccc(N)c1O. The second kappa shape index (κ2) is 6.99. The molecular formula is C14H22N2O3. The van der Waals surface area contributed by atoms with Crippen molar-refractivity contribution in [1.82, 2.24) is 5.32 Å². The van der Waals surface area contributed by atoms with E-state index < -0.39 is 12.0 Å². The molecule has 1 unspecified atom stereocenters. The summed E-state index contributed by atoms with van der Waals surface area (Å²) in [6.45, 7) is 4.17. The third-order valence-electron chi connectivity index (χ3n) is 3.38. The summed E-state index contributed by atoms with van der Waals surface area (Å²) in [5.74, 6) is -0.499. The van der Waals surface area contributed by atoms with Gasteiger partial charge in [0.2, 0.25) is 0 Å². The number of nitrogen functional groups attached to an aromatic ring is 1. The van der Waals surface area contributed by atoms with Crippen LogP contribution in [0.3, 0.4) is 0 Å². The minimum Gasteiger partial charge on any atom is -0.505 e. The van der Waals surface area contributed by atoms with Gasteiger partial charge in [-0.1, -0.05) is 32.8 Å². The van der Waals surface area contributed by atoms with Crippen molar-refractivity contribution in [3.8, 4) is 5.75 Å². The number of benzene rings is 1. The number of aliphatic hydroxyl groups excluding tert-OH is 1. The Kier molecular flexibility index (Phi) is 5.63. The molecule has 0 saturated carbocycles. The lowest BCUT2D eigenvalue weighted by molar-refractivity contribution is 0.0814. The van der Waals surface area contributed by atoms with Crippen LogP contribution in [0.2, 0.25) is 0 Å². The van der Waals surface area contributed by atoms with E-state index in [1.54, 1.807) is 6.07 Å². The minimum atomic E-state index is -0.581. The number of phenolic OH excluding ortho intramolecular Hbond substituents is 1. The van der Waals surface area contributed by atoms with Crippen LogP contribution in [0.4, 0.5) is 5.69 Å². The van der Waals surface area contributed by atoms with Crippen molar-refractivity contribution in [3.05, 3.63) is 23.8 Å². The monoisotopic (exact) mass is 266 g/mol. The number of para-hydroxylation sites is 1. The minimum absolute atomic E-state index is 0.122. The maximum atomic E-state index is 11.9. The van der Waals surface area contributed by atoms with Crippen molar-refractivity contribution in [2.75, 3.05) is 12.3 Å². The highest BCUT2D eigenvalue weighted by atomic mass is 16.3. The summed E-state index contributed by atoms with van der Waals surface area (Å²) in [5, 5.41) is 22.2. The van der Waals surface area contributed by atoms with Crippen LogP contribution in [-0.2, 0) is 0 Å². The second-order valence-corrected chi connectivity index (χ2v) is 4.60. The Hall–Kier alpha value is -1.75. The average molecular weight is 266 g/mol. The van der Waals surface area contributed by atoms with E-state index in [0.717, 1.165) is 12.8 Å². The van der Waals surface area contributed by atoms with E-state index >= 15 is 0 Å². The molecule has 0 fully saturated rings. The lowest BCUT2D eigenvalue weighted by Gasteiger charge is -2.20. The quantitative estimate of drug-likeness (QED) is 0.463. The summed E-state index contributed by atoms with van der Waals surface area (Å²) in [7, 11) is 0. The predicted octanol–water partition coefficient (Wildman–Crippen LogP) is 1.50. The van der Waals surface area contributed by atoms with Gasteiger partial charge in [-0.2, -0.15) is 0 Å². The molecule has 0 aliphatic rings. The molecule has 1 atom stereocenters. The van der Waals surface area contributed by atoms with E-state index in [4.69, 9.17) is 5.73 Å². The van der Waals surface area contributed by atoms with Crippen LogP contribution in [0.1, 0.15) is 37.0 Å². The van der Waals surface area contributed by atoms with Gasteiger partial charge in [0.15, 0.2) is 5.75 Å². The third kappa shape index (κ3) is 3.86. The normalized spacial score (nSPS) is 12.4. The molecule has 1 rings (SSSR count). The first kappa shape index (κ1) is 15.3. The molecule has 0 saturated heterocycles. The van der Waals surface area contributed by atoms with Crippen molar-refractivity contribution in [1.29, 1.82) is 0 Å². The molecule has 1 amide bonds. The zero-order valence-corrected chi connectivity index (χ0v) is 11.4. The molecule has 0 aliphatic heterocycles. The maximum absolute atomic E-state index is 11.9. The van der Waals surface area contributed by atoms with Gasteiger partial charge in [-0.05, 0) is 18.1 Å². The Morgan fingerprint density at radius 1 is 1.37 bits per heavy atom. The first-order valence-corrected chi connectivity index (χ1v) is 6.54. The van der Waals surface area contributed by atoms with Crippen LogP contribution in [0.15, 0.2) is 18.2 Å². The molecule has 0 radical (unpaired) electrons. The lowest BCUT2D eigenvalue weighted by atomic mass is 9.96. The standard InChI is InChI=1S/C14H22N2O3/c1-3-9(4-2)12(17)8-16-14(19)10-6-5-7-11(15)13(10)18/h5-7,9,12,17-18H,3-4,8,15H2,1-2H3,(H,16,19). The van der Waals surface area contributed by atoms with E-state index in [1.165, 1.54) is 12.1 Å². The number of hydrogen-bond donors (Lipinski definition) is 4. The van der Waals surface area contributed by atoms with Gasteiger partial charge in [0.1, 0.15) is 0 Å². The van der Waals surface area contributed by atoms with Crippen LogP contribution in [0.5, 0.6) is 5.75 Å². The Bertz CT molecular complexity index is 431. The van der Waals surface area contributed by atoms with Gasteiger partial charge in [-0.15, -0.1) is 0 Å². The predicted molar refractivity (Wildman–Crippen MR) is 74.9 cm³/mol. The van der Waals surface area contributed by atoms with E-state index in [1.807, 2.05) is 13.8 Å². The number of phenols is 1. The van der Waals surface area contributed by atoms with E-state index in [2.05, 4.69) is 5.32 Å². The summed E-state index contributed by atoms with van der Waals surface area (Å²) in [5.41, 5.74) is 5.81.